The normalized spacial score (nSPS) is 10.3. The molecule has 0 spiro atoms. The van der Waals surface area contributed by atoms with Crippen molar-refractivity contribution in [2.24, 2.45) is 0 Å². The van der Waals surface area contributed by atoms with Crippen LogP contribution in [-0.2, 0) is 0 Å². The van der Waals surface area contributed by atoms with Gasteiger partial charge in [-0.3, -0.25) is 4.79 Å². The van der Waals surface area contributed by atoms with Crippen molar-refractivity contribution in [2.45, 2.75) is 0 Å². The fraction of sp³-hybridized carbons (Fsp3) is 0.133. The highest BCUT2D eigenvalue weighted by Crippen LogP contribution is 2.34. The molecule has 0 aliphatic carbocycles. The topological polar surface area (TPSA) is 61.5 Å². The van der Waals surface area contributed by atoms with E-state index in [4.69, 9.17) is 15.2 Å². The van der Waals surface area contributed by atoms with Gasteiger partial charge < -0.3 is 15.2 Å². The number of rotatable bonds is 4. The minimum absolute atomic E-state index is 0.0756. The van der Waals surface area contributed by atoms with Gasteiger partial charge in [-0.05, 0) is 40.2 Å². The molecule has 6 heteroatoms. The van der Waals surface area contributed by atoms with Gasteiger partial charge in [0.25, 0.3) is 0 Å². The Labute approximate surface area is 129 Å². The zero-order valence-electron chi connectivity index (χ0n) is 11.4. The van der Waals surface area contributed by atoms with E-state index in [1.54, 1.807) is 12.1 Å². The zero-order valence-corrected chi connectivity index (χ0v) is 13.0. The number of hydrogen-bond acceptors (Lipinski definition) is 4. The van der Waals surface area contributed by atoms with Gasteiger partial charge in [-0.2, -0.15) is 0 Å². The van der Waals surface area contributed by atoms with E-state index in [9.17, 15) is 9.18 Å². The summed E-state index contributed by atoms with van der Waals surface area (Å²) in [5.74, 6) is -0.362. The summed E-state index contributed by atoms with van der Waals surface area (Å²) < 4.78 is 24.7. The number of carbonyl (C=O) groups excluding carboxylic acids is 1. The lowest BCUT2D eigenvalue weighted by molar-refractivity contribution is 0.103. The van der Waals surface area contributed by atoms with Gasteiger partial charge in [-0.25, -0.2) is 4.39 Å². The molecule has 0 bridgehead atoms. The molecule has 0 aromatic heterocycles. The maximum absolute atomic E-state index is 13.9. The number of methoxy groups -OCH3 is 2. The Morgan fingerprint density at radius 1 is 1.19 bits per heavy atom. The first kappa shape index (κ1) is 15.3. The quantitative estimate of drug-likeness (QED) is 0.675. The van der Waals surface area contributed by atoms with Gasteiger partial charge in [0.15, 0.2) is 0 Å². The number of benzene rings is 2. The predicted octanol–water partition coefficient (Wildman–Crippen LogP) is 3.42. The van der Waals surface area contributed by atoms with Crippen molar-refractivity contribution in [2.75, 3.05) is 20.0 Å². The van der Waals surface area contributed by atoms with E-state index < -0.39 is 11.6 Å². The number of ketones is 1. The second-order valence-electron chi connectivity index (χ2n) is 4.25. The van der Waals surface area contributed by atoms with Gasteiger partial charge in [0.05, 0.1) is 25.3 Å². The van der Waals surface area contributed by atoms with E-state index in [0.717, 1.165) is 6.07 Å². The van der Waals surface area contributed by atoms with Gasteiger partial charge in [0.2, 0.25) is 5.78 Å². The van der Waals surface area contributed by atoms with Gasteiger partial charge >= 0.3 is 0 Å². The van der Waals surface area contributed by atoms with Crippen molar-refractivity contribution >= 4 is 27.4 Å². The molecule has 0 radical (unpaired) electrons. The van der Waals surface area contributed by atoms with Gasteiger partial charge in [0.1, 0.15) is 17.3 Å². The van der Waals surface area contributed by atoms with Crippen LogP contribution in [-0.4, -0.2) is 20.0 Å². The summed E-state index contributed by atoms with van der Waals surface area (Å²) in [5.41, 5.74) is 5.89. The SMILES string of the molecule is COc1cc(Br)c(C(=O)c2ccc(N)cc2F)c(OC)c1. The Kier molecular flexibility index (Phi) is 4.47. The number of nitrogen functional groups attached to an aromatic ring is 1. The summed E-state index contributed by atoms with van der Waals surface area (Å²) in [6.07, 6.45) is 0. The first-order chi connectivity index (χ1) is 9.97. The molecule has 0 aliphatic heterocycles. The third kappa shape index (κ3) is 3.00. The van der Waals surface area contributed by atoms with E-state index in [2.05, 4.69) is 15.9 Å². The van der Waals surface area contributed by atoms with E-state index in [0.29, 0.717) is 16.0 Å². The Hall–Kier alpha value is -2.08. The van der Waals surface area contributed by atoms with Crippen LogP contribution in [0.5, 0.6) is 11.5 Å². The molecular weight excluding hydrogens is 341 g/mol. The summed E-state index contributed by atoms with van der Waals surface area (Å²) in [7, 11) is 2.93. The third-order valence-electron chi connectivity index (χ3n) is 2.95. The molecule has 21 heavy (non-hydrogen) atoms. The molecule has 2 aromatic carbocycles. The minimum atomic E-state index is -0.676. The summed E-state index contributed by atoms with van der Waals surface area (Å²) >= 11 is 3.29. The second kappa shape index (κ2) is 6.13. The first-order valence-electron chi connectivity index (χ1n) is 5.99. The highest BCUT2D eigenvalue weighted by Gasteiger charge is 2.22. The first-order valence-corrected chi connectivity index (χ1v) is 6.78. The van der Waals surface area contributed by atoms with Crippen molar-refractivity contribution in [3.8, 4) is 11.5 Å². The van der Waals surface area contributed by atoms with Crippen LogP contribution in [0.1, 0.15) is 15.9 Å². The van der Waals surface area contributed by atoms with Crippen molar-refractivity contribution in [3.05, 3.63) is 51.7 Å². The highest BCUT2D eigenvalue weighted by atomic mass is 79.9. The molecule has 2 N–H and O–H groups in total. The molecule has 0 amide bonds. The molecule has 0 unspecified atom stereocenters. The molecule has 4 nitrogen and oxygen atoms in total. The Bertz CT molecular complexity index is 704. The average molecular weight is 354 g/mol. The Morgan fingerprint density at radius 2 is 1.90 bits per heavy atom. The van der Waals surface area contributed by atoms with E-state index in [-0.39, 0.29) is 16.8 Å². The standard InChI is InChI=1S/C15H13BrFNO3/c1-20-9-6-11(16)14(13(7-9)21-2)15(19)10-4-3-8(18)5-12(10)17/h3-7H,18H2,1-2H3. The van der Waals surface area contributed by atoms with E-state index in [1.165, 1.54) is 26.4 Å². The number of carbonyl (C=O) groups is 1. The van der Waals surface area contributed by atoms with Crippen LogP contribution in [0.3, 0.4) is 0 Å². The molecule has 110 valence electrons. The molecule has 0 heterocycles. The van der Waals surface area contributed by atoms with Crippen LogP contribution in [0.25, 0.3) is 0 Å². The maximum Gasteiger partial charge on any atom is 0.200 e. The van der Waals surface area contributed by atoms with Gasteiger partial charge in [-0.1, -0.05) is 0 Å². The largest absolute Gasteiger partial charge is 0.497 e. The number of anilines is 1. The molecule has 2 aromatic rings. The number of halogens is 2. The molecule has 0 atom stereocenters. The van der Waals surface area contributed by atoms with Crippen LogP contribution in [0.4, 0.5) is 10.1 Å². The second-order valence-corrected chi connectivity index (χ2v) is 5.11. The molecule has 2 rings (SSSR count). The Balaban J connectivity index is 2.57. The van der Waals surface area contributed by atoms with Crippen LogP contribution >= 0.6 is 15.9 Å². The average Bonchev–Trinajstić information content (AvgIpc) is 2.45. The van der Waals surface area contributed by atoms with Crippen LogP contribution in [0.2, 0.25) is 0 Å². The fourth-order valence-electron chi connectivity index (χ4n) is 1.91. The minimum Gasteiger partial charge on any atom is -0.497 e. The highest BCUT2D eigenvalue weighted by molar-refractivity contribution is 9.10. The molecule has 0 saturated carbocycles. The van der Waals surface area contributed by atoms with Crippen LogP contribution < -0.4 is 15.2 Å². The summed E-state index contributed by atoms with van der Waals surface area (Å²) in [6, 6.07) is 7.11. The molecular formula is C15H13BrFNO3. The number of ether oxygens (including phenoxy) is 2. The van der Waals surface area contributed by atoms with E-state index >= 15 is 0 Å². The molecule has 0 saturated heterocycles. The number of hydrogen-bond donors (Lipinski definition) is 1. The predicted molar refractivity (Wildman–Crippen MR) is 81.5 cm³/mol. The van der Waals surface area contributed by atoms with Crippen molar-refractivity contribution < 1.29 is 18.7 Å². The van der Waals surface area contributed by atoms with Crippen LogP contribution in [0, 0.1) is 5.82 Å². The van der Waals surface area contributed by atoms with Crippen molar-refractivity contribution in [3.63, 3.8) is 0 Å². The van der Waals surface area contributed by atoms with E-state index in [1.807, 2.05) is 0 Å². The monoisotopic (exact) mass is 353 g/mol. The van der Waals surface area contributed by atoms with Crippen LogP contribution in [0.15, 0.2) is 34.8 Å². The summed E-state index contributed by atoms with van der Waals surface area (Å²) in [4.78, 5) is 12.5. The zero-order chi connectivity index (χ0) is 15.6. The maximum atomic E-state index is 13.9. The summed E-state index contributed by atoms with van der Waals surface area (Å²) in [5, 5.41) is 0. The lowest BCUT2D eigenvalue weighted by atomic mass is 10.0. The van der Waals surface area contributed by atoms with Crippen molar-refractivity contribution in [1.29, 1.82) is 0 Å². The Morgan fingerprint density at radius 3 is 2.48 bits per heavy atom. The van der Waals surface area contributed by atoms with Crippen molar-refractivity contribution in [1.82, 2.24) is 0 Å². The van der Waals surface area contributed by atoms with Gasteiger partial charge in [0, 0.05) is 16.2 Å². The third-order valence-corrected chi connectivity index (χ3v) is 3.57. The number of nitrogens with two attached hydrogens (primary N) is 1. The lowest BCUT2D eigenvalue weighted by Gasteiger charge is -2.12. The lowest BCUT2D eigenvalue weighted by Crippen LogP contribution is -2.08. The summed E-state index contributed by atoms with van der Waals surface area (Å²) in [6.45, 7) is 0. The smallest absolute Gasteiger partial charge is 0.200 e. The molecule has 0 fully saturated rings. The fourth-order valence-corrected chi connectivity index (χ4v) is 2.51. The van der Waals surface area contributed by atoms with Gasteiger partial charge in [-0.15, -0.1) is 0 Å². The molecule has 0 aliphatic rings.